The predicted molar refractivity (Wildman–Crippen MR) is 97.3 cm³/mol. The van der Waals surface area contributed by atoms with Gasteiger partial charge in [0, 0.05) is 25.1 Å². The lowest BCUT2D eigenvalue weighted by Gasteiger charge is -2.18. The first-order chi connectivity index (χ1) is 12.4. The first-order valence-electron chi connectivity index (χ1n) is 8.19. The average Bonchev–Trinajstić information content (AvgIpc) is 2.60. The van der Waals surface area contributed by atoms with Crippen LogP contribution in [-0.4, -0.2) is 16.7 Å². The molecule has 7 heteroatoms. The van der Waals surface area contributed by atoms with Gasteiger partial charge in [-0.05, 0) is 12.5 Å². The van der Waals surface area contributed by atoms with E-state index >= 15 is 0 Å². The van der Waals surface area contributed by atoms with Gasteiger partial charge < -0.3 is 10.6 Å². The van der Waals surface area contributed by atoms with E-state index in [1.165, 1.54) is 13.0 Å². The standard InChI is InChI=1S/C19H21N3O4/c1-13-7-9-15(10-8-13)17(21-14(2)23)11-19(24)20-12-16-5-3-4-6-18(16)22(25)26/h3-10,17H,11-12H2,1-2H3,(H,20,24)(H,21,23). The minimum Gasteiger partial charge on any atom is -0.352 e. The first-order valence-corrected chi connectivity index (χ1v) is 8.19. The van der Waals surface area contributed by atoms with Gasteiger partial charge in [-0.2, -0.15) is 0 Å². The number of hydrogen-bond donors (Lipinski definition) is 2. The Kier molecular flexibility index (Phi) is 6.43. The molecular formula is C19H21N3O4. The summed E-state index contributed by atoms with van der Waals surface area (Å²) in [7, 11) is 0. The molecule has 0 aliphatic heterocycles. The fraction of sp³-hybridized carbons (Fsp3) is 0.263. The molecule has 7 nitrogen and oxygen atoms in total. The molecule has 0 heterocycles. The molecule has 2 aromatic rings. The monoisotopic (exact) mass is 355 g/mol. The quantitative estimate of drug-likeness (QED) is 0.589. The summed E-state index contributed by atoms with van der Waals surface area (Å²) in [5, 5.41) is 16.5. The van der Waals surface area contributed by atoms with Crippen molar-refractivity contribution < 1.29 is 14.5 Å². The molecule has 0 bridgehead atoms. The molecule has 26 heavy (non-hydrogen) atoms. The minimum absolute atomic E-state index is 0.0373. The molecule has 136 valence electrons. The Bertz CT molecular complexity index is 803. The molecule has 0 radical (unpaired) electrons. The van der Waals surface area contributed by atoms with Crippen molar-refractivity contribution >= 4 is 17.5 Å². The van der Waals surface area contributed by atoms with Crippen LogP contribution in [-0.2, 0) is 16.1 Å². The molecule has 0 saturated heterocycles. The van der Waals surface area contributed by atoms with Gasteiger partial charge in [0.1, 0.15) is 0 Å². The fourth-order valence-corrected chi connectivity index (χ4v) is 2.59. The van der Waals surface area contributed by atoms with E-state index in [-0.39, 0.29) is 30.5 Å². The molecule has 2 N–H and O–H groups in total. The van der Waals surface area contributed by atoms with E-state index in [2.05, 4.69) is 10.6 Å². The highest BCUT2D eigenvalue weighted by Crippen LogP contribution is 2.19. The lowest BCUT2D eigenvalue weighted by Crippen LogP contribution is -2.32. The predicted octanol–water partition coefficient (Wildman–Crippen LogP) is 2.79. The van der Waals surface area contributed by atoms with Gasteiger partial charge in [0.05, 0.1) is 17.4 Å². The Labute approximate surface area is 151 Å². The van der Waals surface area contributed by atoms with Crippen LogP contribution >= 0.6 is 0 Å². The van der Waals surface area contributed by atoms with E-state index in [0.29, 0.717) is 5.56 Å². The molecule has 1 unspecified atom stereocenters. The molecule has 1 atom stereocenters. The van der Waals surface area contributed by atoms with Crippen molar-refractivity contribution in [2.24, 2.45) is 0 Å². The van der Waals surface area contributed by atoms with Gasteiger partial charge in [-0.15, -0.1) is 0 Å². The number of nitrogens with zero attached hydrogens (tertiary/aromatic N) is 1. The molecule has 0 spiro atoms. The number of hydrogen-bond acceptors (Lipinski definition) is 4. The van der Waals surface area contributed by atoms with Gasteiger partial charge in [-0.1, -0.05) is 48.0 Å². The molecule has 2 aromatic carbocycles. The molecule has 0 saturated carbocycles. The second kappa shape index (κ2) is 8.75. The second-order valence-corrected chi connectivity index (χ2v) is 6.03. The zero-order chi connectivity index (χ0) is 19.1. The largest absolute Gasteiger partial charge is 0.352 e. The van der Waals surface area contributed by atoms with Crippen molar-refractivity contribution in [1.29, 1.82) is 0 Å². The lowest BCUT2D eigenvalue weighted by atomic mass is 10.0. The third-order valence-electron chi connectivity index (χ3n) is 3.91. The van der Waals surface area contributed by atoms with Gasteiger partial charge in [0.15, 0.2) is 0 Å². The van der Waals surface area contributed by atoms with E-state index in [1.807, 2.05) is 31.2 Å². The van der Waals surface area contributed by atoms with Crippen LogP contribution in [0.25, 0.3) is 0 Å². The van der Waals surface area contributed by atoms with Crippen molar-refractivity contribution in [3.8, 4) is 0 Å². The summed E-state index contributed by atoms with van der Waals surface area (Å²) in [4.78, 5) is 34.3. The van der Waals surface area contributed by atoms with Crippen LogP contribution in [0.3, 0.4) is 0 Å². The molecule has 0 aliphatic rings. The third kappa shape index (κ3) is 5.41. The Morgan fingerprint density at radius 1 is 1.12 bits per heavy atom. The number of aryl methyl sites for hydroxylation is 1. The molecular weight excluding hydrogens is 334 g/mol. The third-order valence-corrected chi connectivity index (χ3v) is 3.91. The van der Waals surface area contributed by atoms with E-state index in [4.69, 9.17) is 0 Å². The number of nitro groups is 1. The number of benzene rings is 2. The molecule has 0 aromatic heterocycles. The fourth-order valence-electron chi connectivity index (χ4n) is 2.59. The topological polar surface area (TPSA) is 101 Å². The van der Waals surface area contributed by atoms with E-state index in [9.17, 15) is 19.7 Å². The van der Waals surface area contributed by atoms with Crippen LogP contribution in [0.1, 0.15) is 36.1 Å². The Hall–Kier alpha value is -3.22. The van der Waals surface area contributed by atoms with Gasteiger partial charge in [0.25, 0.3) is 5.69 Å². The summed E-state index contributed by atoms with van der Waals surface area (Å²) in [6.45, 7) is 3.40. The molecule has 0 aliphatic carbocycles. The maximum Gasteiger partial charge on any atom is 0.274 e. The van der Waals surface area contributed by atoms with Crippen molar-refractivity contribution in [2.75, 3.05) is 0 Å². The number of carbonyl (C=O) groups is 2. The Morgan fingerprint density at radius 3 is 2.38 bits per heavy atom. The Morgan fingerprint density at radius 2 is 1.77 bits per heavy atom. The van der Waals surface area contributed by atoms with Crippen LogP contribution in [0.5, 0.6) is 0 Å². The van der Waals surface area contributed by atoms with Gasteiger partial charge in [-0.25, -0.2) is 0 Å². The lowest BCUT2D eigenvalue weighted by molar-refractivity contribution is -0.385. The van der Waals surface area contributed by atoms with E-state index in [1.54, 1.807) is 18.2 Å². The van der Waals surface area contributed by atoms with E-state index in [0.717, 1.165) is 11.1 Å². The van der Waals surface area contributed by atoms with Crippen LogP contribution < -0.4 is 10.6 Å². The highest BCUT2D eigenvalue weighted by Gasteiger charge is 2.18. The molecule has 2 rings (SSSR count). The maximum atomic E-state index is 12.3. The van der Waals surface area contributed by atoms with Crippen molar-refractivity contribution in [3.05, 3.63) is 75.3 Å². The normalized spacial score (nSPS) is 11.5. The van der Waals surface area contributed by atoms with Gasteiger partial charge in [0.2, 0.25) is 11.8 Å². The Balaban J connectivity index is 2.04. The number of nitrogens with one attached hydrogen (secondary N) is 2. The zero-order valence-corrected chi connectivity index (χ0v) is 14.7. The zero-order valence-electron chi connectivity index (χ0n) is 14.7. The number of rotatable bonds is 7. The van der Waals surface area contributed by atoms with Crippen LogP contribution in [0.15, 0.2) is 48.5 Å². The number of amides is 2. The second-order valence-electron chi connectivity index (χ2n) is 6.03. The minimum atomic E-state index is -0.478. The van der Waals surface area contributed by atoms with Gasteiger partial charge >= 0.3 is 0 Å². The SMILES string of the molecule is CC(=O)NC(CC(=O)NCc1ccccc1[N+](=O)[O-])c1ccc(C)cc1. The van der Waals surface area contributed by atoms with Crippen LogP contribution in [0, 0.1) is 17.0 Å². The average molecular weight is 355 g/mol. The van der Waals surface area contributed by atoms with Crippen LogP contribution in [0.4, 0.5) is 5.69 Å². The number of para-hydroxylation sites is 1. The summed E-state index contributed by atoms with van der Waals surface area (Å²) in [6, 6.07) is 13.4. The molecule has 2 amide bonds. The number of nitro benzene ring substituents is 1. The first kappa shape index (κ1) is 19.1. The molecule has 0 fully saturated rings. The smallest absolute Gasteiger partial charge is 0.274 e. The van der Waals surface area contributed by atoms with Crippen molar-refractivity contribution in [3.63, 3.8) is 0 Å². The summed E-state index contributed by atoms with van der Waals surface area (Å²) in [6.07, 6.45) is 0.0449. The van der Waals surface area contributed by atoms with Crippen LogP contribution in [0.2, 0.25) is 0 Å². The summed E-state index contributed by atoms with van der Waals surface area (Å²) in [5.74, 6) is -0.537. The number of carbonyl (C=O) groups excluding carboxylic acids is 2. The summed E-state index contributed by atoms with van der Waals surface area (Å²) < 4.78 is 0. The maximum absolute atomic E-state index is 12.3. The van der Waals surface area contributed by atoms with Gasteiger partial charge in [-0.3, -0.25) is 19.7 Å². The van der Waals surface area contributed by atoms with Crippen molar-refractivity contribution in [2.45, 2.75) is 32.9 Å². The summed E-state index contributed by atoms with van der Waals surface area (Å²) in [5.41, 5.74) is 2.30. The summed E-state index contributed by atoms with van der Waals surface area (Å²) >= 11 is 0. The highest BCUT2D eigenvalue weighted by atomic mass is 16.6. The highest BCUT2D eigenvalue weighted by molar-refractivity contribution is 5.79. The van der Waals surface area contributed by atoms with Crippen molar-refractivity contribution in [1.82, 2.24) is 10.6 Å². The van der Waals surface area contributed by atoms with E-state index < -0.39 is 11.0 Å².